The molecular weight excluding hydrogens is 238 g/mol. The van der Waals surface area contributed by atoms with E-state index in [9.17, 15) is 9.59 Å². The fourth-order valence-corrected chi connectivity index (χ4v) is 2.36. The molecule has 2 amide bonds. The summed E-state index contributed by atoms with van der Waals surface area (Å²) in [7, 11) is 2.00. The lowest BCUT2D eigenvalue weighted by atomic mass is 10.2. The highest BCUT2D eigenvalue weighted by Crippen LogP contribution is 2.10. The molecule has 102 valence electrons. The van der Waals surface area contributed by atoms with Gasteiger partial charge in [0, 0.05) is 19.1 Å². The van der Waals surface area contributed by atoms with Crippen molar-refractivity contribution in [2.75, 3.05) is 39.9 Å². The molecule has 0 aromatic heterocycles. The molecule has 0 spiro atoms. The number of likely N-dealkylation sites (tertiary alicyclic amines) is 1. The minimum Gasteiger partial charge on any atom is -0.480 e. The van der Waals surface area contributed by atoms with Crippen LogP contribution >= 0.6 is 0 Å². The zero-order valence-electron chi connectivity index (χ0n) is 10.5. The van der Waals surface area contributed by atoms with Crippen LogP contribution in [0.1, 0.15) is 6.42 Å². The number of carboxylic acid groups (broad SMARTS) is 1. The Morgan fingerprint density at radius 3 is 2.78 bits per heavy atom. The maximum atomic E-state index is 12.1. The van der Waals surface area contributed by atoms with Crippen LogP contribution in [0.25, 0.3) is 0 Å². The van der Waals surface area contributed by atoms with Gasteiger partial charge in [0.1, 0.15) is 0 Å². The number of carboxylic acids is 1. The summed E-state index contributed by atoms with van der Waals surface area (Å²) in [6, 6.07) is -1.07. The molecule has 2 aliphatic rings. The number of nitrogens with zero attached hydrogens (tertiary/aromatic N) is 2. The molecule has 2 aliphatic heterocycles. The van der Waals surface area contributed by atoms with Gasteiger partial charge in [-0.2, -0.15) is 0 Å². The van der Waals surface area contributed by atoms with Crippen LogP contribution in [0.3, 0.4) is 0 Å². The van der Waals surface area contributed by atoms with Gasteiger partial charge in [0.05, 0.1) is 13.2 Å². The van der Waals surface area contributed by atoms with E-state index in [4.69, 9.17) is 9.84 Å². The number of nitrogens with one attached hydrogen (secondary N) is 1. The highest BCUT2D eigenvalue weighted by atomic mass is 16.5. The number of amides is 2. The first-order valence-corrected chi connectivity index (χ1v) is 6.14. The Bertz CT molecular complexity index is 336. The van der Waals surface area contributed by atoms with Gasteiger partial charge < -0.3 is 25.0 Å². The molecule has 2 fully saturated rings. The van der Waals surface area contributed by atoms with Crippen LogP contribution in [-0.4, -0.2) is 78.9 Å². The quantitative estimate of drug-likeness (QED) is 0.676. The van der Waals surface area contributed by atoms with Crippen LogP contribution in [0, 0.1) is 0 Å². The van der Waals surface area contributed by atoms with Crippen molar-refractivity contribution in [3.63, 3.8) is 0 Å². The summed E-state index contributed by atoms with van der Waals surface area (Å²) in [4.78, 5) is 26.6. The minimum atomic E-state index is -1.02. The van der Waals surface area contributed by atoms with Crippen molar-refractivity contribution in [1.82, 2.24) is 15.1 Å². The van der Waals surface area contributed by atoms with E-state index in [0.29, 0.717) is 13.2 Å². The van der Waals surface area contributed by atoms with Crippen molar-refractivity contribution in [1.29, 1.82) is 0 Å². The van der Waals surface area contributed by atoms with Crippen molar-refractivity contribution >= 4 is 12.0 Å². The lowest BCUT2D eigenvalue weighted by molar-refractivity contribution is -0.147. The van der Waals surface area contributed by atoms with E-state index in [0.717, 1.165) is 19.5 Å². The summed E-state index contributed by atoms with van der Waals surface area (Å²) in [5.41, 5.74) is 0. The van der Waals surface area contributed by atoms with E-state index < -0.39 is 12.0 Å². The first-order chi connectivity index (χ1) is 8.58. The van der Waals surface area contributed by atoms with Crippen molar-refractivity contribution in [3.8, 4) is 0 Å². The zero-order valence-corrected chi connectivity index (χ0v) is 10.5. The molecule has 7 nitrogen and oxygen atoms in total. The van der Waals surface area contributed by atoms with Crippen molar-refractivity contribution in [2.45, 2.75) is 18.5 Å². The maximum Gasteiger partial charge on any atom is 0.328 e. The molecule has 0 saturated carbocycles. The molecule has 2 saturated heterocycles. The average Bonchev–Trinajstić information content (AvgIpc) is 2.74. The van der Waals surface area contributed by atoms with Gasteiger partial charge in [0.2, 0.25) is 0 Å². The van der Waals surface area contributed by atoms with Crippen molar-refractivity contribution in [3.05, 3.63) is 0 Å². The third-order valence-corrected chi connectivity index (χ3v) is 3.39. The van der Waals surface area contributed by atoms with E-state index in [2.05, 4.69) is 10.2 Å². The lowest BCUT2D eigenvalue weighted by Crippen LogP contribution is -2.57. The second-order valence-corrected chi connectivity index (χ2v) is 4.82. The molecule has 2 rings (SSSR count). The lowest BCUT2D eigenvalue weighted by Gasteiger charge is -2.33. The normalized spacial score (nSPS) is 29.3. The molecule has 2 atom stereocenters. The van der Waals surface area contributed by atoms with Gasteiger partial charge >= 0.3 is 12.0 Å². The first-order valence-electron chi connectivity index (χ1n) is 6.14. The summed E-state index contributed by atoms with van der Waals surface area (Å²) in [6.07, 6.45) is 0.907. The number of carbonyl (C=O) groups is 2. The molecule has 2 N–H and O–H groups in total. The third-order valence-electron chi connectivity index (χ3n) is 3.39. The summed E-state index contributed by atoms with van der Waals surface area (Å²) in [5.74, 6) is -1.02. The Morgan fingerprint density at radius 1 is 1.39 bits per heavy atom. The number of urea groups is 1. The van der Waals surface area contributed by atoms with Gasteiger partial charge in [-0.05, 0) is 20.0 Å². The Labute approximate surface area is 106 Å². The monoisotopic (exact) mass is 257 g/mol. The van der Waals surface area contributed by atoms with E-state index in [-0.39, 0.29) is 18.7 Å². The van der Waals surface area contributed by atoms with Gasteiger partial charge in [-0.3, -0.25) is 0 Å². The molecule has 2 heterocycles. The van der Waals surface area contributed by atoms with Crippen LogP contribution in [0.2, 0.25) is 0 Å². The SMILES string of the molecule is CN1CCC(NC(=O)N2CCOCC2C(=O)O)C1. The van der Waals surface area contributed by atoms with Crippen molar-refractivity contribution < 1.29 is 19.4 Å². The number of carbonyl (C=O) groups excluding carboxylic acids is 1. The Kier molecular flexibility index (Phi) is 4.03. The second kappa shape index (κ2) is 5.53. The summed E-state index contributed by atoms with van der Waals surface area (Å²) in [5, 5.41) is 11.9. The first kappa shape index (κ1) is 13.1. The molecule has 0 bridgehead atoms. The molecule has 0 aromatic carbocycles. The highest BCUT2D eigenvalue weighted by Gasteiger charge is 2.34. The summed E-state index contributed by atoms with van der Waals surface area (Å²) < 4.78 is 5.10. The van der Waals surface area contributed by atoms with Crippen LogP contribution in [0.15, 0.2) is 0 Å². The molecule has 0 radical (unpaired) electrons. The van der Waals surface area contributed by atoms with Gasteiger partial charge in [-0.25, -0.2) is 9.59 Å². The van der Waals surface area contributed by atoms with Gasteiger partial charge in [-0.1, -0.05) is 0 Å². The average molecular weight is 257 g/mol. The zero-order chi connectivity index (χ0) is 13.1. The van der Waals surface area contributed by atoms with E-state index >= 15 is 0 Å². The Morgan fingerprint density at radius 2 is 2.17 bits per heavy atom. The maximum absolute atomic E-state index is 12.1. The van der Waals surface area contributed by atoms with Gasteiger partial charge in [0.15, 0.2) is 6.04 Å². The Hall–Kier alpha value is -1.34. The highest BCUT2D eigenvalue weighted by molar-refractivity contribution is 5.83. The molecule has 0 aromatic rings. The van der Waals surface area contributed by atoms with Crippen LogP contribution in [0.4, 0.5) is 4.79 Å². The topological polar surface area (TPSA) is 82.1 Å². The molecular formula is C11H19N3O4. The van der Waals surface area contributed by atoms with Crippen LogP contribution in [-0.2, 0) is 9.53 Å². The number of rotatable bonds is 2. The van der Waals surface area contributed by atoms with Gasteiger partial charge in [-0.15, -0.1) is 0 Å². The molecule has 18 heavy (non-hydrogen) atoms. The fraction of sp³-hybridized carbons (Fsp3) is 0.818. The number of ether oxygens (including phenoxy) is 1. The smallest absolute Gasteiger partial charge is 0.328 e. The Balaban J connectivity index is 1.92. The molecule has 0 aliphatic carbocycles. The van der Waals surface area contributed by atoms with Crippen LogP contribution < -0.4 is 5.32 Å². The number of aliphatic carboxylic acids is 1. The summed E-state index contributed by atoms with van der Waals surface area (Å²) in [6.45, 7) is 2.55. The van der Waals surface area contributed by atoms with E-state index in [1.807, 2.05) is 7.05 Å². The minimum absolute atomic E-state index is 0.0628. The molecule has 2 unspecified atom stereocenters. The van der Waals surface area contributed by atoms with Crippen molar-refractivity contribution in [2.24, 2.45) is 0 Å². The van der Waals surface area contributed by atoms with E-state index in [1.54, 1.807) is 0 Å². The number of hydrogen-bond acceptors (Lipinski definition) is 4. The molecule has 7 heteroatoms. The van der Waals surface area contributed by atoms with Crippen LogP contribution in [0.5, 0.6) is 0 Å². The number of likely N-dealkylation sites (N-methyl/N-ethyl adjacent to an activating group) is 1. The largest absolute Gasteiger partial charge is 0.480 e. The predicted molar refractivity (Wildman–Crippen MR) is 63.4 cm³/mol. The fourth-order valence-electron chi connectivity index (χ4n) is 2.36. The number of hydrogen-bond donors (Lipinski definition) is 2. The standard InChI is InChI=1S/C11H19N3O4/c1-13-3-2-8(6-13)12-11(17)14-4-5-18-7-9(14)10(15)16/h8-9H,2-7H2,1H3,(H,12,17)(H,15,16). The number of morpholine rings is 1. The van der Waals surface area contributed by atoms with Gasteiger partial charge in [0.25, 0.3) is 0 Å². The summed E-state index contributed by atoms with van der Waals surface area (Å²) >= 11 is 0. The second-order valence-electron chi connectivity index (χ2n) is 4.82. The van der Waals surface area contributed by atoms with E-state index in [1.165, 1.54) is 4.90 Å². The third kappa shape index (κ3) is 2.91. The predicted octanol–water partition coefficient (Wildman–Crippen LogP) is -0.814.